The molecule has 48 valence electrons. The molecule has 0 bridgehead atoms. The Hall–Kier alpha value is -1.32. The number of aromatic amines is 1. The molecule has 1 aromatic heterocycles. The molecule has 0 aliphatic carbocycles. The summed E-state index contributed by atoms with van der Waals surface area (Å²) >= 11 is 0. The summed E-state index contributed by atoms with van der Waals surface area (Å²) in [5.41, 5.74) is -1.02. The second kappa shape index (κ2) is 1.89. The summed E-state index contributed by atoms with van der Waals surface area (Å²) in [4.78, 5) is 21.1. The quantitative estimate of drug-likeness (QED) is 0.457. The van der Waals surface area contributed by atoms with Crippen LogP contribution in [0.2, 0.25) is 0 Å². The number of rotatable bonds is 0. The van der Waals surface area contributed by atoms with Crippen molar-refractivity contribution in [2.24, 2.45) is 7.05 Å². The van der Waals surface area contributed by atoms with Crippen molar-refractivity contribution in [2.45, 2.75) is 0 Å². The van der Waals surface area contributed by atoms with E-state index in [1.165, 1.54) is 19.3 Å². The van der Waals surface area contributed by atoms with Gasteiger partial charge >= 0.3 is 5.56 Å². The van der Waals surface area contributed by atoms with Crippen LogP contribution in [0.3, 0.4) is 0 Å². The molecule has 4 heteroatoms. The standard InChI is InChI=1S/C5H6N2O2/c1-7-5(9)4(8)2-3-6-7/h2-3,6H,1H3. The summed E-state index contributed by atoms with van der Waals surface area (Å²) in [5, 5.41) is 2.54. The second-order valence-electron chi connectivity index (χ2n) is 1.69. The predicted molar refractivity (Wildman–Crippen MR) is 32.3 cm³/mol. The van der Waals surface area contributed by atoms with Gasteiger partial charge in [0.15, 0.2) is 0 Å². The number of hydrogen-bond acceptors (Lipinski definition) is 2. The molecule has 0 spiro atoms. The third-order valence-electron chi connectivity index (χ3n) is 1.02. The Morgan fingerprint density at radius 1 is 1.56 bits per heavy atom. The fourth-order valence-electron chi connectivity index (χ4n) is 0.520. The van der Waals surface area contributed by atoms with Gasteiger partial charge in [0.05, 0.1) is 0 Å². The maximum atomic E-state index is 10.6. The van der Waals surface area contributed by atoms with Gasteiger partial charge in [-0.1, -0.05) is 0 Å². The third-order valence-corrected chi connectivity index (χ3v) is 1.02. The first kappa shape index (κ1) is 5.81. The molecule has 1 heterocycles. The van der Waals surface area contributed by atoms with E-state index in [0.717, 1.165) is 4.68 Å². The molecule has 0 aliphatic rings. The van der Waals surface area contributed by atoms with E-state index in [4.69, 9.17) is 0 Å². The second-order valence-corrected chi connectivity index (χ2v) is 1.69. The minimum Gasteiger partial charge on any atom is -0.303 e. The molecule has 0 fully saturated rings. The fraction of sp³-hybridized carbons (Fsp3) is 0.200. The van der Waals surface area contributed by atoms with Crippen LogP contribution in [0.5, 0.6) is 0 Å². The predicted octanol–water partition coefficient (Wildman–Crippen LogP) is -0.926. The Balaban J connectivity index is 3.63. The average Bonchev–Trinajstić information content (AvgIpc) is 1.83. The molecule has 0 atom stereocenters. The molecule has 4 nitrogen and oxygen atoms in total. The molecular weight excluding hydrogens is 120 g/mol. The zero-order chi connectivity index (χ0) is 6.85. The largest absolute Gasteiger partial charge is 0.312 e. The maximum Gasteiger partial charge on any atom is 0.312 e. The Kier molecular flexibility index (Phi) is 1.22. The van der Waals surface area contributed by atoms with E-state index in [1.54, 1.807) is 0 Å². The molecule has 1 N–H and O–H groups in total. The van der Waals surface area contributed by atoms with Gasteiger partial charge in [-0.05, 0) is 0 Å². The van der Waals surface area contributed by atoms with Gasteiger partial charge < -0.3 is 5.10 Å². The van der Waals surface area contributed by atoms with Crippen molar-refractivity contribution in [3.8, 4) is 0 Å². The van der Waals surface area contributed by atoms with Crippen LogP contribution in [0.1, 0.15) is 0 Å². The van der Waals surface area contributed by atoms with Crippen LogP contribution in [-0.2, 0) is 7.05 Å². The number of nitrogens with zero attached hydrogens (tertiary/aromatic N) is 1. The zero-order valence-corrected chi connectivity index (χ0v) is 4.92. The van der Waals surface area contributed by atoms with E-state index in [0.29, 0.717) is 0 Å². The first-order chi connectivity index (χ1) is 4.22. The smallest absolute Gasteiger partial charge is 0.303 e. The van der Waals surface area contributed by atoms with Crippen LogP contribution >= 0.6 is 0 Å². The summed E-state index contributed by atoms with van der Waals surface area (Å²) < 4.78 is 1.13. The molecule has 0 unspecified atom stereocenters. The molecule has 0 aliphatic heterocycles. The Labute approximate surface area is 50.7 Å². The zero-order valence-electron chi connectivity index (χ0n) is 4.92. The molecule has 0 saturated carbocycles. The van der Waals surface area contributed by atoms with Crippen molar-refractivity contribution >= 4 is 0 Å². The van der Waals surface area contributed by atoms with Crippen molar-refractivity contribution < 1.29 is 0 Å². The molecule has 0 aromatic carbocycles. The molecular formula is C5H6N2O2. The Morgan fingerprint density at radius 3 is 2.67 bits per heavy atom. The molecule has 0 saturated heterocycles. The Morgan fingerprint density at radius 2 is 2.22 bits per heavy atom. The fourth-order valence-corrected chi connectivity index (χ4v) is 0.520. The number of H-pyrrole nitrogens is 1. The highest BCUT2D eigenvalue weighted by atomic mass is 16.2. The van der Waals surface area contributed by atoms with E-state index in [1.807, 2.05) is 0 Å². The van der Waals surface area contributed by atoms with Crippen LogP contribution in [-0.4, -0.2) is 9.78 Å². The van der Waals surface area contributed by atoms with Gasteiger partial charge in [-0.15, -0.1) is 0 Å². The molecule has 0 amide bonds. The van der Waals surface area contributed by atoms with Gasteiger partial charge in [0.2, 0.25) is 5.43 Å². The highest BCUT2D eigenvalue weighted by Gasteiger charge is 1.90. The highest BCUT2D eigenvalue weighted by Crippen LogP contribution is 1.58. The lowest BCUT2D eigenvalue weighted by Crippen LogP contribution is -2.32. The summed E-state index contributed by atoms with van der Waals surface area (Å²) in [6, 6.07) is 1.20. The third kappa shape index (κ3) is 0.910. The van der Waals surface area contributed by atoms with E-state index in [9.17, 15) is 9.59 Å². The Bertz CT molecular complexity index is 309. The molecule has 1 aromatic rings. The van der Waals surface area contributed by atoms with Crippen molar-refractivity contribution in [2.75, 3.05) is 0 Å². The normalized spacial score (nSPS) is 9.44. The van der Waals surface area contributed by atoms with Gasteiger partial charge in [0.1, 0.15) is 0 Å². The number of nitrogens with one attached hydrogen (secondary N) is 1. The van der Waals surface area contributed by atoms with E-state index < -0.39 is 11.0 Å². The van der Waals surface area contributed by atoms with Gasteiger partial charge in [-0.3, -0.25) is 14.3 Å². The topological polar surface area (TPSA) is 54.9 Å². The van der Waals surface area contributed by atoms with Gasteiger partial charge in [-0.2, -0.15) is 0 Å². The molecule has 0 radical (unpaired) electrons. The van der Waals surface area contributed by atoms with E-state index >= 15 is 0 Å². The maximum absolute atomic E-state index is 10.6. The summed E-state index contributed by atoms with van der Waals surface area (Å²) in [5.74, 6) is 0. The van der Waals surface area contributed by atoms with Crippen molar-refractivity contribution in [3.05, 3.63) is 32.8 Å². The first-order valence-electron chi connectivity index (χ1n) is 2.46. The van der Waals surface area contributed by atoms with Crippen LogP contribution < -0.4 is 11.0 Å². The number of aryl methyl sites for hydroxylation is 1. The SMILES string of the molecule is Cn1[nH]ccc(=O)c1=O. The summed E-state index contributed by atoms with van der Waals surface area (Å²) in [6.07, 6.45) is 1.42. The minimum atomic E-state index is -0.530. The monoisotopic (exact) mass is 126 g/mol. The lowest BCUT2D eigenvalue weighted by molar-refractivity contribution is 0.700. The van der Waals surface area contributed by atoms with Crippen molar-refractivity contribution in [3.63, 3.8) is 0 Å². The average molecular weight is 126 g/mol. The minimum absolute atomic E-state index is 0.490. The van der Waals surface area contributed by atoms with Crippen molar-refractivity contribution in [1.29, 1.82) is 0 Å². The van der Waals surface area contributed by atoms with Crippen LogP contribution in [0.15, 0.2) is 21.9 Å². The van der Waals surface area contributed by atoms with Gasteiger partial charge in [-0.25, -0.2) is 0 Å². The van der Waals surface area contributed by atoms with Crippen LogP contribution in [0.25, 0.3) is 0 Å². The van der Waals surface area contributed by atoms with Crippen LogP contribution in [0.4, 0.5) is 0 Å². The summed E-state index contributed by atoms with van der Waals surface area (Å²) in [6.45, 7) is 0. The lowest BCUT2D eigenvalue weighted by atomic mass is 10.5. The number of hydrogen-bond donors (Lipinski definition) is 1. The number of aromatic nitrogens is 2. The van der Waals surface area contributed by atoms with Gasteiger partial charge in [0.25, 0.3) is 0 Å². The first-order valence-corrected chi connectivity index (χ1v) is 2.46. The molecule has 9 heavy (non-hydrogen) atoms. The van der Waals surface area contributed by atoms with E-state index in [2.05, 4.69) is 5.10 Å². The lowest BCUT2D eigenvalue weighted by Gasteiger charge is -1.90. The van der Waals surface area contributed by atoms with Crippen molar-refractivity contribution in [1.82, 2.24) is 9.78 Å². The van der Waals surface area contributed by atoms with Crippen LogP contribution in [0, 0.1) is 0 Å². The highest BCUT2D eigenvalue weighted by molar-refractivity contribution is 4.85. The molecule has 1 rings (SSSR count). The van der Waals surface area contributed by atoms with Gasteiger partial charge in [0, 0.05) is 19.3 Å². The summed E-state index contributed by atoms with van der Waals surface area (Å²) in [7, 11) is 1.49. The van der Waals surface area contributed by atoms with E-state index in [-0.39, 0.29) is 0 Å².